The zero-order chi connectivity index (χ0) is 40.2. The van der Waals surface area contributed by atoms with E-state index in [4.69, 9.17) is 20.9 Å². The number of nitrogens with two attached hydrogens (primary N) is 2. The number of aliphatic hydroxyl groups excluding tert-OH is 1. The molecule has 3 aromatic rings. The number of aromatic hydroxyl groups is 1. The molecule has 2 aromatic carbocycles. The number of phenolic OH excluding ortho intramolecular Hbond substituents is 1. The largest absolute Gasteiger partial charge is 0.508 e. The van der Waals surface area contributed by atoms with Crippen LogP contribution in [0.3, 0.4) is 0 Å². The first-order valence-electron chi connectivity index (χ1n) is 17.7. The Hall–Kier alpha value is -5.48. The number of nitrogens with one attached hydrogen (secondary N) is 3. The van der Waals surface area contributed by atoms with Gasteiger partial charge < -0.3 is 46.8 Å². The van der Waals surface area contributed by atoms with E-state index in [0.717, 1.165) is 17.6 Å². The summed E-state index contributed by atoms with van der Waals surface area (Å²) in [5.74, 6) is -4.21. The number of aliphatic hydroxyl groups is 1. The van der Waals surface area contributed by atoms with E-state index in [1.165, 1.54) is 24.7 Å². The monoisotopic (exact) mass is 751 g/mol. The summed E-state index contributed by atoms with van der Waals surface area (Å²) in [7, 11) is 1.13. The van der Waals surface area contributed by atoms with Crippen LogP contribution in [-0.2, 0) is 47.9 Å². The first-order valence-corrected chi connectivity index (χ1v) is 17.7. The maximum Gasteiger partial charge on any atom is 0.408 e. The van der Waals surface area contributed by atoms with Gasteiger partial charge in [0.05, 0.1) is 26.0 Å². The number of imide groups is 1. The molecule has 9 N–H and O–H groups in total. The molecule has 54 heavy (non-hydrogen) atoms. The summed E-state index contributed by atoms with van der Waals surface area (Å²) >= 11 is 0. The van der Waals surface area contributed by atoms with Gasteiger partial charge in [-0.1, -0.05) is 44.5 Å². The van der Waals surface area contributed by atoms with Crippen molar-refractivity contribution in [3.05, 3.63) is 77.9 Å². The Bertz CT molecular complexity index is 1690. The molecule has 1 aromatic heterocycles. The maximum atomic E-state index is 14.7. The predicted octanol–water partition coefficient (Wildman–Crippen LogP) is 2.12. The van der Waals surface area contributed by atoms with Crippen molar-refractivity contribution in [1.82, 2.24) is 25.5 Å². The van der Waals surface area contributed by atoms with E-state index in [-0.39, 0.29) is 25.0 Å². The third-order valence-electron chi connectivity index (χ3n) is 8.72. The number of hydrogen-bond acceptors (Lipinski definition) is 12. The van der Waals surface area contributed by atoms with E-state index < -0.39 is 78.0 Å². The van der Waals surface area contributed by atoms with Crippen molar-refractivity contribution < 1.29 is 43.7 Å². The minimum absolute atomic E-state index is 0.00683. The van der Waals surface area contributed by atoms with Gasteiger partial charge in [0.15, 0.2) is 0 Å². The molecule has 16 nitrogen and oxygen atoms in total. The second kappa shape index (κ2) is 19.6. The molecule has 4 amide bonds. The fourth-order valence-electron chi connectivity index (χ4n) is 5.63. The summed E-state index contributed by atoms with van der Waals surface area (Å²) in [5.41, 5.74) is 13.4. The van der Waals surface area contributed by atoms with Crippen LogP contribution in [0.5, 0.6) is 5.75 Å². The lowest BCUT2D eigenvalue weighted by Crippen LogP contribution is -2.61. The number of phenols is 1. The molecule has 3 rings (SSSR count). The number of esters is 1. The Kier molecular flexibility index (Phi) is 15.5. The number of H-pyrrole nitrogens is 1. The van der Waals surface area contributed by atoms with Crippen molar-refractivity contribution in [2.24, 2.45) is 11.7 Å². The summed E-state index contributed by atoms with van der Waals surface area (Å²) in [5, 5.41) is 26.1. The number of ether oxygens (including phenoxy) is 2. The average Bonchev–Trinajstić information content (AvgIpc) is 3.63. The third-order valence-corrected chi connectivity index (χ3v) is 8.72. The summed E-state index contributed by atoms with van der Waals surface area (Å²) in [6, 6.07) is 7.64. The van der Waals surface area contributed by atoms with Gasteiger partial charge in [-0.15, -0.1) is 0 Å². The molecule has 0 aliphatic rings. The van der Waals surface area contributed by atoms with Crippen LogP contribution in [-0.4, -0.2) is 97.8 Å². The van der Waals surface area contributed by atoms with Crippen molar-refractivity contribution in [3.63, 3.8) is 0 Å². The summed E-state index contributed by atoms with van der Waals surface area (Å²) in [6.07, 6.45) is 0.0690. The standard InChI is InChI=1S/C38H53N7O9/c1-7-22(2)33(36(51)53-6)45(32(48)19-31(47)28(40)16-23-8-12-25(39)13-9-23)35(50)30(18-26-20-41-21-42-26)43-34(49)29(44-37(52)54-38(3,4)5)17-24-10-14-27(46)15-11-24/h8-15,20-22,28-31,33,46-47H,7,16-19,39-40H2,1-6H3,(H,41,42)(H,43,49)(H,44,52)/t22-,28-,29-,30-,31?,33-/m0/s1. The molecule has 0 aliphatic heterocycles. The minimum Gasteiger partial charge on any atom is -0.508 e. The first kappa shape index (κ1) is 42.9. The van der Waals surface area contributed by atoms with Crippen molar-refractivity contribution >= 4 is 35.5 Å². The maximum absolute atomic E-state index is 14.7. The lowest BCUT2D eigenvalue weighted by atomic mass is 9.94. The Labute approximate surface area is 315 Å². The van der Waals surface area contributed by atoms with Gasteiger partial charge in [0, 0.05) is 36.5 Å². The van der Waals surface area contributed by atoms with E-state index >= 15 is 0 Å². The van der Waals surface area contributed by atoms with Gasteiger partial charge in [0.2, 0.25) is 11.8 Å². The summed E-state index contributed by atoms with van der Waals surface area (Å²) in [6.45, 7) is 8.40. The van der Waals surface area contributed by atoms with Crippen LogP contribution < -0.4 is 22.1 Å². The lowest BCUT2D eigenvalue weighted by molar-refractivity contribution is -0.164. The van der Waals surface area contributed by atoms with Crippen LogP contribution in [0.1, 0.15) is 64.3 Å². The number of hydrogen-bond donors (Lipinski definition) is 7. The number of carbonyl (C=O) groups excluding carboxylic acids is 5. The molecule has 0 aliphatic carbocycles. The lowest BCUT2D eigenvalue weighted by Gasteiger charge is -2.35. The number of amides is 4. The molecule has 16 heteroatoms. The van der Waals surface area contributed by atoms with Crippen LogP contribution in [0.2, 0.25) is 0 Å². The predicted molar refractivity (Wildman–Crippen MR) is 199 cm³/mol. The number of carbonyl (C=O) groups is 5. The van der Waals surface area contributed by atoms with Gasteiger partial charge in [-0.2, -0.15) is 0 Å². The molecule has 0 radical (unpaired) electrons. The summed E-state index contributed by atoms with van der Waals surface area (Å²) < 4.78 is 10.5. The molecular weight excluding hydrogens is 698 g/mol. The van der Waals surface area contributed by atoms with Crippen molar-refractivity contribution in [1.29, 1.82) is 0 Å². The Morgan fingerprint density at radius 1 is 0.944 bits per heavy atom. The molecule has 0 fully saturated rings. The zero-order valence-corrected chi connectivity index (χ0v) is 31.6. The normalized spacial score (nSPS) is 14.7. The van der Waals surface area contributed by atoms with Crippen molar-refractivity contribution in [2.75, 3.05) is 12.8 Å². The highest BCUT2D eigenvalue weighted by atomic mass is 16.6. The zero-order valence-electron chi connectivity index (χ0n) is 31.6. The van der Waals surface area contributed by atoms with E-state index in [1.807, 2.05) is 0 Å². The quantitative estimate of drug-likeness (QED) is 0.0774. The van der Waals surface area contributed by atoms with Gasteiger partial charge in [-0.25, -0.2) is 14.6 Å². The average molecular weight is 752 g/mol. The molecule has 1 heterocycles. The molecule has 0 saturated heterocycles. The SMILES string of the molecule is CC[C@H](C)[C@@H](C(=O)OC)N(C(=O)CC(O)[C@@H](N)Cc1ccc(N)cc1)C(=O)[C@H](Cc1cnc[nH]1)NC(=O)[C@H](Cc1ccc(O)cc1)NC(=O)OC(C)(C)C. The van der Waals surface area contributed by atoms with E-state index in [0.29, 0.717) is 23.4 Å². The first-order chi connectivity index (χ1) is 25.4. The fourth-order valence-corrected chi connectivity index (χ4v) is 5.63. The Balaban J connectivity index is 2.01. The molecular formula is C38H53N7O9. The van der Waals surface area contributed by atoms with Crippen LogP contribution in [0.15, 0.2) is 61.1 Å². The topological polar surface area (TPSA) is 252 Å². The van der Waals surface area contributed by atoms with E-state index in [1.54, 1.807) is 71.0 Å². The number of rotatable bonds is 17. The number of anilines is 1. The Morgan fingerprint density at radius 2 is 1.56 bits per heavy atom. The number of aromatic nitrogens is 2. The Morgan fingerprint density at radius 3 is 2.11 bits per heavy atom. The molecule has 6 atom stereocenters. The number of benzene rings is 2. The number of nitrogen functional groups attached to an aromatic ring is 1. The molecule has 1 unspecified atom stereocenters. The third kappa shape index (κ3) is 12.9. The summed E-state index contributed by atoms with van der Waals surface area (Å²) in [4.78, 5) is 76.9. The van der Waals surface area contributed by atoms with Gasteiger partial charge in [0.1, 0.15) is 29.5 Å². The second-order valence-electron chi connectivity index (χ2n) is 14.2. The van der Waals surface area contributed by atoms with Crippen LogP contribution in [0.4, 0.5) is 10.5 Å². The number of aromatic amines is 1. The number of nitrogens with zero attached hydrogens (tertiary/aromatic N) is 2. The highest BCUT2D eigenvalue weighted by Gasteiger charge is 2.43. The smallest absolute Gasteiger partial charge is 0.408 e. The van der Waals surface area contributed by atoms with Gasteiger partial charge >= 0.3 is 12.1 Å². The van der Waals surface area contributed by atoms with Gasteiger partial charge in [-0.05, 0) is 68.5 Å². The van der Waals surface area contributed by atoms with E-state index in [2.05, 4.69) is 20.6 Å². The highest BCUT2D eigenvalue weighted by Crippen LogP contribution is 2.22. The van der Waals surface area contributed by atoms with Crippen LogP contribution in [0, 0.1) is 5.92 Å². The molecule has 0 saturated carbocycles. The number of alkyl carbamates (subject to hydrolysis) is 1. The number of methoxy groups -OCH3 is 1. The van der Waals surface area contributed by atoms with Crippen LogP contribution in [0.25, 0.3) is 0 Å². The van der Waals surface area contributed by atoms with Gasteiger partial charge in [-0.3, -0.25) is 19.3 Å². The molecule has 294 valence electrons. The molecule has 0 spiro atoms. The highest BCUT2D eigenvalue weighted by molar-refractivity contribution is 6.03. The molecule has 0 bridgehead atoms. The van der Waals surface area contributed by atoms with E-state index in [9.17, 15) is 34.2 Å². The number of imidazole rings is 1. The van der Waals surface area contributed by atoms with Crippen molar-refractivity contribution in [3.8, 4) is 5.75 Å². The van der Waals surface area contributed by atoms with Gasteiger partial charge in [0.25, 0.3) is 5.91 Å². The second-order valence-corrected chi connectivity index (χ2v) is 14.2. The fraction of sp³-hybridized carbons (Fsp3) is 0.474. The van der Waals surface area contributed by atoms with Crippen LogP contribution >= 0.6 is 0 Å². The minimum atomic E-state index is -1.50. The van der Waals surface area contributed by atoms with Crippen molar-refractivity contribution in [2.45, 2.75) is 103 Å².